The van der Waals surface area contributed by atoms with Crippen LogP contribution >= 0.6 is 24.0 Å². The number of amides is 1. The Kier molecular flexibility index (Phi) is 5.57. The van der Waals surface area contributed by atoms with E-state index in [2.05, 4.69) is 0 Å². The molecule has 1 aliphatic heterocycles. The highest BCUT2D eigenvalue weighted by molar-refractivity contribution is 8.19. The Bertz CT molecular complexity index is 625. The van der Waals surface area contributed by atoms with E-state index in [0.717, 1.165) is 23.1 Å². The fourth-order valence-corrected chi connectivity index (χ4v) is 3.06. The first-order valence-corrected chi connectivity index (χ1v) is 7.82. The lowest BCUT2D eigenvalue weighted by molar-refractivity contribution is -0.142. The Morgan fingerprint density at radius 2 is 2.05 bits per heavy atom. The molecule has 0 atom stereocenters. The van der Waals surface area contributed by atoms with Crippen molar-refractivity contribution in [3.8, 4) is 5.75 Å². The van der Waals surface area contributed by atoms with Crippen molar-refractivity contribution in [2.45, 2.75) is 6.92 Å². The van der Waals surface area contributed by atoms with Gasteiger partial charge in [0.1, 0.15) is 17.3 Å². The molecule has 1 fully saturated rings. The summed E-state index contributed by atoms with van der Waals surface area (Å²) in [7, 11) is 1.60. The number of benzene rings is 1. The van der Waals surface area contributed by atoms with Gasteiger partial charge < -0.3 is 9.47 Å². The molecule has 7 heteroatoms. The zero-order chi connectivity index (χ0) is 16.1. The van der Waals surface area contributed by atoms with Crippen molar-refractivity contribution in [1.82, 2.24) is 4.90 Å². The van der Waals surface area contributed by atoms with Crippen LogP contribution in [0.25, 0.3) is 6.08 Å². The standard InChI is InChI=1S/C15H15NO4S2/c1-3-20-13(17)9-16-14(21)12(22-15(16)18)8-10-4-6-11(19-2)7-5-10/h4-8H,3,9H2,1-2H3/b12-8+. The molecule has 22 heavy (non-hydrogen) atoms. The highest BCUT2D eigenvalue weighted by atomic mass is 32.2. The molecule has 5 nitrogen and oxygen atoms in total. The number of methoxy groups -OCH3 is 1. The average Bonchev–Trinajstić information content (AvgIpc) is 2.76. The molecule has 0 aliphatic carbocycles. The molecule has 0 saturated carbocycles. The van der Waals surface area contributed by atoms with Gasteiger partial charge in [0.15, 0.2) is 0 Å². The molecular formula is C15H15NO4S2. The van der Waals surface area contributed by atoms with E-state index in [1.165, 1.54) is 4.90 Å². The van der Waals surface area contributed by atoms with Crippen molar-refractivity contribution in [2.75, 3.05) is 20.3 Å². The first-order valence-electron chi connectivity index (χ1n) is 6.60. The van der Waals surface area contributed by atoms with Crippen molar-refractivity contribution in [3.05, 3.63) is 34.7 Å². The molecule has 0 bridgehead atoms. The van der Waals surface area contributed by atoms with Crippen molar-refractivity contribution >= 4 is 46.3 Å². The van der Waals surface area contributed by atoms with Crippen molar-refractivity contribution < 1.29 is 19.1 Å². The van der Waals surface area contributed by atoms with Crippen LogP contribution in [0.5, 0.6) is 5.75 Å². The summed E-state index contributed by atoms with van der Waals surface area (Å²) in [5.74, 6) is 0.285. The summed E-state index contributed by atoms with van der Waals surface area (Å²) in [6, 6.07) is 7.39. The van der Waals surface area contributed by atoms with Gasteiger partial charge in [-0.25, -0.2) is 0 Å². The highest BCUT2D eigenvalue weighted by Crippen LogP contribution is 2.33. The summed E-state index contributed by atoms with van der Waals surface area (Å²) in [4.78, 5) is 25.7. The minimum Gasteiger partial charge on any atom is -0.497 e. The predicted molar refractivity (Wildman–Crippen MR) is 89.9 cm³/mol. The van der Waals surface area contributed by atoms with Crippen LogP contribution in [0.2, 0.25) is 0 Å². The third-order valence-electron chi connectivity index (χ3n) is 2.88. The van der Waals surface area contributed by atoms with Gasteiger partial charge in [0.2, 0.25) is 0 Å². The van der Waals surface area contributed by atoms with E-state index in [9.17, 15) is 9.59 Å². The van der Waals surface area contributed by atoms with Crippen LogP contribution in [0.1, 0.15) is 12.5 Å². The monoisotopic (exact) mass is 337 g/mol. The molecule has 1 aromatic carbocycles. The van der Waals surface area contributed by atoms with Gasteiger partial charge >= 0.3 is 5.97 Å². The molecule has 1 heterocycles. The van der Waals surface area contributed by atoms with Gasteiger partial charge in [-0.2, -0.15) is 0 Å². The first-order chi connectivity index (χ1) is 10.5. The van der Waals surface area contributed by atoms with Crippen LogP contribution in [0, 0.1) is 0 Å². The van der Waals surface area contributed by atoms with Crippen LogP contribution in [0.3, 0.4) is 0 Å². The molecule has 116 valence electrons. The first kappa shape index (κ1) is 16.5. The van der Waals surface area contributed by atoms with Crippen LogP contribution in [-0.2, 0) is 9.53 Å². The van der Waals surface area contributed by atoms with Crippen LogP contribution in [-0.4, -0.2) is 41.4 Å². The van der Waals surface area contributed by atoms with E-state index in [1.807, 2.05) is 30.3 Å². The third kappa shape index (κ3) is 3.86. The number of carbonyl (C=O) groups excluding carboxylic acids is 2. The van der Waals surface area contributed by atoms with Crippen LogP contribution in [0.4, 0.5) is 4.79 Å². The fraction of sp³-hybridized carbons (Fsp3) is 0.267. The molecule has 1 aliphatic rings. The smallest absolute Gasteiger partial charge is 0.326 e. The molecule has 1 aromatic rings. The van der Waals surface area contributed by atoms with E-state index in [-0.39, 0.29) is 18.4 Å². The number of carbonyl (C=O) groups is 2. The summed E-state index contributed by atoms with van der Waals surface area (Å²) in [5, 5.41) is -0.266. The summed E-state index contributed by atoms with van der Waals surface area (Å²) in [6.07, 6.45) is 1.81. The summed E-state index contributed by atoms with van der Waals surface area (Å²) < 4.78 is 9.94. The molecule has 2 rings (SSSR count). The zero-order valence-corrected chi connectivity index (χ0v) is 13.8. The van der Waals surface area contributed by atoms with Crippen molar-refractivity contribution in [1.29, 1.82) is 0 Å². The minimum atomic E-state index is -0.468. The van der Waals surface area contributed by atoms with Crippen molar-refractivity contribution in [2.24, 2.45) is 0 Å². The molecule has 1 saturated heterocycles. The van der Waals surface area contributed by atoms with E-state index in [1.54, 1.807) is 14.0 Å². The molecule has 0 radical (unpaired) electrons. The highest BCUT2D eigenvalue weighted by Gasteiger charge is 2.33. The number of ether oxygens (including phenoxy) is 2. The maximum absolute atomic E-state index is 12.0. The molecular weight excluding hydrogens is 322 g/mol. The minimum absolute atomic E-state index is 0.154. The number of esters is 1. The van der Waals surface area contributed by atoms with E-state index in [0.29, 0.717) is 9.89 Å². The Balaban J connectivity index is 2.12. The van der Waals surface area contributed by atoms with Gasteiger partial charge in [0.05, 0.1) is 18.6 Å². The fourth-order valence-electron chi connectivity index (χ4n) is 1.82. The maximum atomic E-state index is 12.0. The molecule has 0 unspecified atom stereocenters. The van der Waals surface area contributed by atoms with Gasteiger partial charge in [0.25, 0.3) is 5.24 Å². The number of hydrogen-bond donors (Lipinski definition) is 0. The summed E-state index contributed by atoms with van der Waals surface area (Å²) in [6.45, 7) is 1.83. The van der Waals surface area contributed by atoms with E-state index in [4.69, 9.17) is 21.7 Å². The van der Waals surface area contributed by atoms with Crippen LogP contribution < -0.4 is 4.74 Å². The summed E-state index contributed by atoms with van der Waals surface area (Å²) >= 11 is 6.29. The predicted octanol–water partition coefficient (Wildman–Crippen LogP) is 3.10. The SMILES string of the molecule is CCOC(=O)CN1C(=O)S/C(=C/c2ccc(OC)cc2)C1=S. The average molecular weight is 337 g/mol. The molecule has 0 spiro atoms. The quantitative estimate of drug-likeness (QED) is 0.467. The Morgan fingerprint density at radius 3 is 2.64 bits per heavy atom. The Labute approximate surface area is 138 Å². The second-order valence-corrected chi connectivity index (χ2v) is 5.73. The van der Waals surface area contributed by atoms with Gasteiger partial charge in [0, 0.05) is 0 Å². The number of rotatable bonds is 5. The van der Waals surface area contributed by atoms with Gasteiger partial charge in [-0.15, -0.1) is 0 Å². The molecule has 0 aromatic heterocycles. The lowest BCUT2D eigenvalue weighted by atomic mass is 10.2. The Morgan fingerprint density at radius 1 is 1.36 bits per heavy atom. The Hall–Kier alpha value is -1.86. The lowest BCUT2D eigenvalue weighted by Crippen LogP contribution is -2.33. The maximum Gasteiger partial charge on any atom is 0.326 e. The molecule has 1 amide bonds. The lowest BCUT2D eigenvalue weighted by Gasteiger charge is -2.13. The number of thioether (sulfide) groups is 1. The number of nitrogens with zero attached hydrogens (tertiary/aromatic N) is 1. The summed E-state index contributed by atoms with van der Waals surface area (Å²) in [5.41, 5.74) is 0.899. The number of thiocarbonyl (C=S) groups is 1. The zero-order valence-electron chi connectivity index (χ0n) is 12.2. The van der Waals surface area contributed by atoms with E-state index >= 15 is 0 Å². The van der Waals surface area contributed by atoms with Gasteiger partial charge in [-0.05, 0) is 42.5 Å². The van der Waals surface area contributed by atoms with Gasteiger partial charge in [-0.3, -0.25) is 14.5 Å². The van der Waals surface area contributed by atoms with Crippen molar-refractivity contribution in [3.63, 3.8) is 0 Å². The third-order valence-corrected chi connectivity index (χ3v) is 4.38. The number of hydrogen-bond acceptors (Lipinski definition) is 6. The molecule has 0 N–H and O–H groups in total. The van der Waals surface area contributed by atoms with E-state index < -0.39 is 5.97 Å². The second-order valence-electron chi connectivity index (χ2n) is 4.35. The van der Waals surface area contributed by atoms with Gasteiger partial charge in [-0.1, -0.05) is 24.4 Å². The largest absolute Gasteiger partial charge is 0.497 e. The topological polar surface area (TPSA) is 55.8 Å². The van der Waals surface area contributed by atoms with Crippen LogP contribution in [0.15, 0.2) is 29.2 Å². The normalized spacial score (nSPS) is 16.3. The second kappa shape index (κ2) is 7.42.